The van der Waals surface area contributed by atoms with Gasteiger partial charge in [-0.3, -0.25) is 5.43 Å². The molecule has 1 heterocycles. The van der Waals surface area contributed by atoms with Crippen LogP contribution in [0.25, 0.3) is 0 Å². The van der Waals surface area contributed by atoms with Crippen LogP contribution in [0.5, 0.6) is 0 Å². The Balaban J connectivity index is 1.75. The Hall–Kier alpha value is -2.33. The number of hydrazone groups is 1. The molecular weight excluding hydrogens is 298 g/mol. The summed E-state index contributed by atoms with van der Waals surface area (Å²) < 4.78 is 5.43. The fourth-order valence-electron chi connectivity index (χ4n) is 2.85. The second kappa shape index (κ2) is 7.97. The highest BCUT2D eigenvalue weighted by Crippen LogP contribution is 2.26. The number of ether oxygens (including phenoxy) is 1. The molecule has 1 N–H and O–H groups in total. The summed E-state index contributed by atoms with van der Waals surface area (Å²) in [5.74, 6) is 0. The van der Waals surface area contributed by atoms with Crippen molar-refractivity contribution in [2.45, 2.75) is 26.4 Å². The topological polar surface area (TPSA) is 40.2 Å². The highest BCUT2D eigenvalue weighted by Gasteiger charge is 2.24. The standard InChI is InChI=1S/C20H25N3O/c1-3-23(4-2)20-11-10-16(12-17(20)13-19-15-24-19)14-21-22-18-8-6-5-7-9-18/h5-12,14,19,22H,3-4,13,15H2,1-2H3. The van der Waals surface area contributed by atoms with Crippen LogP contribution >= 0.6 is 0 Å². The molecule has 0 radical (unpaired) electrons. The Bertz CT molecular complexity index is 677. The third-order valence-electron chi connectivity index (χ3n) is 4.24. The van der Waals surface area contributed by atoms with Crippen LogP contribution in [0, 0.1) is 0 Å². The zero-order chi connectivity index (χ0) is 16.8. The molecule has 4 heteroatoms. The monoisotopic (exact) mass is 323 g/mol. The van der Waals surface area contributed by atoms with Gasteiger partial charge < -0.3 is 9.64 Å². The number of nitrogens with zero attached hydrogens (tertiary/aromatic N) is 2. The minimum absolute atomic E-state index is 0.383. The third kappa shape index (κ3) is 4.36. The predicted molar refractivity (Wildman–Crippen MR) is 101 cm³/mol. The molecule has 1 unspecified atom stereocenters. The van der Waals surface area contributed by atoms with Gasteiger partial charge in [0.25, 0.3) is 0 Å². The number of rotatable bonds is 8. The summed E-state index contributed by atoms with van der Waals surface area (Å²) in [7, 11) is 0. The van der Waals surface area contributed by atoms with E-state index < -0.39 is 0 Å². The number of anilines is 2. The van der Waals surface area contributed by atoms with E-state index in [0.29, 0.717) is 6.10 Å². The van der Waals surface area contributed by atoms with Gasteiger partial charge in [0, 0.05) is 25.2 Å². The lowest BCUT2D eigenvalue weighted by atomic mass is 10.0. The van der Waals surface area contributed by atoms with Crippen LogP contribution in [0.15, 0.2) is 53.6 Å². The van der Waals surface area contributed by atoms with Gasteiger partial charge in [0.2, 0.25) is 0 Å². The fraction of sp³-hybridized carbons (Fsp3) is 0.350. The molecule has 4 nitrogen and oxygen atoms in total. The van der Waals surface area contributed by atoms with Crippen molar-refractivity contribution < 1.29 is 4.74 Å². The van der Waals surface area contributed by atoms with Gasteiger partial charge in [-0.1, -0.05) is 24.3 Å². The summed E-state index contributed by atoms with van der Waals surface area (Å²) in [5.41, 5.74) is 7.79. The lowest BCUT2D eigenvalue weighted by Gasteiger charge is -2.24. The molecule has 1 aliphatic heterocycles. The second-order valence-corrected chi connectivity index (χ2v) is 5.96. The Kier molecular flexibility index (Phi) is 5.49. The lowest BCUT2D eigenvalue weighted by molar-refractivity contribution is 0.407. The van der Waals surface area contributed by atoms with E-state index in [-0.39, 0.29) is 0 Å². The Morgan fingerprint density at radius 2 is 1.92 bits per heavy atom. The number of nitrogens with one attached hydrogen (secondary N) is 1. The van der Waals surface area contributed by atoms with Gasteiger partial charge in [-0.05, 0) is 49.2 Å². The molecule has 0 amide bonds. The van der Waals surface area contributed by atoms with Crippen LogP contribution in [0.2, 0.25) is 0 Å². The van der Waals surface area contributed by atoms with Crippen molar-refractivity contribution in [3.05, 3.63) is 59.7 Å². The zero-order valence-corrected chi connectivity index (χ0v) is 14.4. The minimum atomic E-state index is 0.383. The maximum atomic E-state index is 5.43. The van der Waals surface area contributed by atoms with E-state index in [1.54, 1.807) is 0 Å². The number of benzene rings is 2. The average molecular weight is 323 g/mol. The van der Waals surface area contributed by atoms with Crippen molar-refractivity contribution in [2.75, 3.05) is 30.0 Å². The van der Waals surface area contributed by atoms with E-state index >= 15 is 0 Å². The normalized spacial score (nSPS) is 16.3. The number of hydrogen-bond donors (Lipinski definition) is 1. The van der Waals surface area contributed by atoms with E-state index in [2.05, 4.69) is 47.5 Å². The first-order valence-corrected chi connectivity index (χ1v) is 8.63. The van der Waals surface area contributed by atoms with Crippen LogP contribution in [0.1, 0.15) is 25.0 Å². The molecule has 0 bridgehead atoms. The van der Waals surface area contributed by atoms with Gasteiger partial charge >= 0.3 is 0 Å². The van der Waals surface area contributed by atoms with Crippen molar-refractivity contribution >= 4 is 17.6 Å². The van der Waals surface area contributed by atoms with Gasteiger partial charge in [0.1, 0.15) is 0 Å². The van der Waals surface area contributed by atoms with Crippen molar-refractivity contribution in [1.82, 2.24) is 0 Å². The van der Waals surface area contributed by atoms with Crippen molar-refractivity contribution in [3.63, 3.8) is 0 Å². The van der Waals surface area contributed by atoms with E-state index in [1.165, 1.54) is 11.3 Å². The number of hydrogen-bond acceptors (Lipinski definition) is 4. The Labute approximate surface area is 144 Å². The highest BCUT2D eigenvalue weighted by molar-refractivity contribution is 5.82. The smallest absolute Gasteiger partial charge is 0.0850 e. The van der Waals surface area contributed by atoms with Crippen LogP contribution in [-0.2, 0) is 11.2 Å². The summed E-state index contributed by atoms with van der Waals surface area (Å²) in [6.45, 7) is 7.29. The van der Waals surface area contributed by atoms with Gasteiger partial charge in [-0.15, -0.1) is 0 Å². The van der Waals surface area contributed by atoms with Gasteiger partial charge in [-0.25, -0.2) is 0 Å². The van der Waals surface area contributed by atoms with E-state index in [1.807, 2.05) is 36.5 Å². The summed E-state index contributed by atoms with van der Waals surface area (Å²) >= 11 is 0. The van der Waals surface area contributed by atoms with E-state index in [0.717, 1.165) is 37.4 Å². The van der Waals surface area contributed by atoms with Crippen LogP contribution in [0.4, 0.5) is 11.4 Å². The average Bonchev–Trinajstić information content (AvgIpc) is 3.43. The van der Waals surface area contributed by atoms with Gasteiger partial charge in [-0.2, -0.15) is 5.10 Å². The Morgan fingerprint density at radius 3 is 2.58 bits per heavy atom. The Morgan fingerprint density at radius 1 is 1.17 bits per heavy atom. The largest absolute Gasteiger partial charge is 0.373 e. The maximum absolute atomic E-state index is 5.43. The minimum Gasteiger partial charge on any atom is -0.373 e. The molecule has 0 spiro atoms. The molecule has 0 saturated carbocycles. The van der Waals surface area contributed by atoms with Crippen LogP contribution in [0.3, 0.4) is 0 Å². The first kappa shape index (κ1) is 16.5. The molecule has 1 aliphatic rings. The summed E-state index contributed by atoms with van der Waals surface area (Å²) in [6.07, 6.45) is 3.23. The number of epoxide rings is 1. The molecule has 0 aliphatic carbocycles. The molecule has 126 valence electrons. The summed E-state index contributed by atoms with van der Waals surface area (Å²) in [5, 5.41) is 4.34. The molecule has 3 rings (SSSR count). The quantitative estimate of drug-likeness (QED) is 0.455. The molecule has 2 aromatic rings. The molecule has 0 aromatic heterocycles. The van der Waals surface area contributed by atoms with E-state index in [4.69, 9.17) is 4.74 Å². The van der Waals surface area contributed by atoms with Crippen molar-refractivity contribution in [2.24, 2.45) is 5.10 Å². The first-order valence-electron chi connectivity index (χ1n) is 8.63. The molecular formula is C20H25N3O. The SMILES string of the molecule is CCN(CC)c1ccc(C=NNc2ccccc2)cc1CC1CO1. The zero-order valence-electron chi connectivity index (χ0n) is 14.4. The lowest BCUT2D eigenvalue weighted by Crippen LogP contribution is -2.23. The maximum Gasteiger partial charge on any atom is 0.0850 e. The van der Waals surface area contributed by atoms with E-state index in [9.17, 15) is 0 Å². The van der Waals surface area contributed by atoms with Gasteiger partial charge in [0.05, 0.1) is 24.6 Å². The molecule has 1 saturated heterocycles. The number of para-hydroxylation sites is 1. The molecule has 1 fully saturated rings. The third-order valence-corrected chi connectivity index (χ3v) is 4.24. The van der Waals surface area contributed by atoms with Crippen LogP contribution in [-0.4, -0.2) is 32.0 Å². The molecule has 1 atom stereocenters. The molecule has 24 heavy (non-hydrogen) atoms. The molecule has 2 aromatic carbocycles. The highest BCUT2D eigenvalue weighted by atomic mass is 16.6. The van der Waals surface area contributed by atoms with Gasteiger partial charge in [0.15, 0.2) is 0 Å². The first-order chi connectivity index (χ1) is 11.8. The second-order valence-electron chi connectivity index (χ2n) is 5.96. The van der Waals surface area contributed by atoms with Crippen molar-refractivity contribution in [3.8, 4) is 0 Å². The van der Waals surface area contributed by atoms with Crippen LogP contribution < -0.4 is 10.3 Å². The fourth-order valence-corrected chi connectivity index (χ4v) is 2.85. The predicted octanol–water partition coefficient (Wildman–Crippen LogP) is 3.92. The summed E-state index contributed by atoms with van der Waals surface area (Å²) in [4.78, 5) is 2.39. The van der Waals surface area contributed by atoms with Crippen molar-refractivity contribution in [1.29, 1.82) is 0 Å². The summed E-state index contributed by atoms with van der Waals surface area (Å²) in [6, 6.07) is 16.5.